The van der Waals surface area contributed by atoms with Crippen LogP contribution >= 0.6 is 0 Å². The second-order valence-corrected chi connectivity index (χ2v) is 4.39. The zero-order valence-corrected chi connectivity index (χ0v) is 11.6. The van der Waals surface area contributed by atoms with Gasteiger partial charge in [-0.25, -0.2) is 4.98 Å². The summed E-state index contributed by atoms with van der Waals surface area (Å²) in [4.78, 5) is 35.7. The second-order valence-electron chi connectivity index (χ2n) is 4.39. The van der Waals surface area contributed by atoms with Crippen molar-refractivity contribution in [3.8, 4) is 0 Å². The molecule has 0 aliphatic heterocycles. The number of carbonyl (C=O) groups is 1. The summed E-state index contributed by atoms with van der Waals surface area (Å²) in [7, 11) is 0. The Balaban J connectivity index is 1.95. The molecule has 0 aliphatic rings. The van der Waals surface area contributed by atoms with Crippen LogP contribution in [0.4, 0.5) is 17.2 Å². The van der Waals surface area contributed by atoms with Crippen molar-refractivity contribution >= 4 is 23.1 Å². The summed E-state index contributed by atoms with van der Waals surface area (Å²) in [5.74, 6) is -0.314. The largest absolute Gasteiger partial charge is 0.287 e. The maximum Gasteiger partial charge on any atom is 0.287 e. The van der Waals surface area contributed by atoms with Gasteiger partial charge in [0.1, 0.15) is 12.0 Å². The molecule has 0 atom stereocenters. The van der Waals surface area contributed by atoms with E-state index in [0.29, 0.717) is 0 Å². The molecule has 2 N–H and O–H groups in total. The van der Waals surface area contributed by atoms with Gasteiger partial charge in [-0.15, -0.1) is 0 Å². The van der Waals surface area contributed by atoms with E-state index in [1.807, 2.05) is 0 Å². The van der Waals surface area contributed by atoms with Crippen molar-refractivity contribution in [1.29, 1.82) is 0 Å². The molecule has 0 spiro atoms. The molecule has 2 rings (SSSR count). The van der Waals surface area contributed by atoms with Crippen LogP contribution in [-0.2, 0) is 11.2 Å². The number of para-hydroxylation sites is 1. The molecule has 0 aliphatic carbocycles. The van der Waals surface area contributed by atoms with E-state index >= 15 is 0 Å². The summed E-state index contributed by atoms with van der Waals surface area (Å²) in [6.07, 6.45) is 0.841. The second kappa shape index (κ2) is 6.93. The first-order valence-corrected chi connectivity index (χ1v) is 6.35. The molecule has 1 aromatic carbocycles. The standard InChI is InChI=1S/C13H11N5O5/c19-13(7-9-3-1-2-4-11(9)18(22)23)16-15-12-6-5-10(8-14-12)17(20)21/h1-6,8H,7H2,(H,14,15)(H,16,19). The van der Waals surface area contributed by atoms with Gasteiger partial charge in [0.15, 0.2) is 0 Å². The molecule has 118 valence electrons. The van der Waals surface area contributed by atoms with Crippen LogP contribution < -0.4 is 10.9 Å². The Kier molecular flexibility index (Phi) is 4.77. The summed E-state index contributed by atoms with van der Waals surface area (Å²) in [5, 5.41) is 21.4. The monoisotopic (exact) mass is 317 g/mol. The van der Waals surface area contributed by atoms with Crippen LogP contribution in [0.5, 0.6) is 0 Å². The van der Waals surface area contributed by atoms with Crippen molar-refractivity contribution in [2.45, 2.75) is 6.42 Å². The van der Waals surface area contributed by atoms with E-state index in [-0.39, 0.29) is 29.2 Å². The van der Waals surface area contributed by atoms with Gasteiger partial charge in [-0.2, -0.15) is 0 Å². The molecule has 0 bridgehead atoms. The maximum absolute atomic E-state index is 11.8. The summed E-state index contributed by atoms with van der Waals surface area (Å²) < 4.78 is 0. The number of hydrogen-bond acceptors (Lipinski definition) is 7. The third-order valence-corrected chi connectivity index (χ3v) is 2.83. The van der Waals surface area contributed by atoms with Gasteiger partial charge in [-0.05, 0) is 6.07 Å². The van der Waals surface area contributed by atoms with Crippen molar-refractivity contribution in [3.05, 3.63) is 68.4 Å². The number of amides is 1. The molecule has 1 amide bonds. The molecular formula is C13H11N5O5. The number of hydrogen-bond donors (Lipinski definition) is 2. The number of nitrogens with one attached hydrogen (secondary N) is 2. The Morgan fingerprint density at radius 1 is 1.09 bits per heavy atom. The van der Waals surface area contributed by atoms with Gasteiger partial charge in [0.25, 0.3) is 11.4 Å². The minimum absolute atomic E-state index is 0.142. The third kappa shape index (κ3) is 4.20. The highest BCUT2D eigenvalue weighted by Crippen LogP contribution is 2.18. The number of aromatic nitrogens is 1. The van der Waals surface area contributed by atoms with E-state index in [0.717, 1.165) is 6.20 Å². The normalized spacial score (nSPS) is 9.91. The lowest BCUT2D eigenvalue weighted by Crippen LogP contribution is -2.31. The SMILES string of the molecule is O=C(Cc1ccccc1[N+](=O)[O-])NNc1ccc([N+](=O)[O-])cn1. The highest BCUT2D eigenvalue weighted by atomic mass is 16.6. The fourth-order valence-electron chi connectivity index (χ4n) is 1.76. The molecule has 0 radical (unpaired) electrons. The highest BCUT2D eigenvalue weighted by molar-refractivity contribution is 5.80. The van der Waals surface area contributed by atoms with Gasteiger partial charge in [0, 0.05) is 17.7 Å². The van der Waals surface area contributed by atoms with Gasteiger partial charge < -0.3 is 0 Å². The lowest BCUT2D eigenvalue weighted by Gasteiger charge is -2.07. The lowest BCUT2D eigenvalue weighted by molar-refractivity contribution is -0.385. The van der Waals surface area contributed by atoms with Crippen molar-refractivity contribution in [1.82, 2.24) is 10.4 Å². The molecular weight excluding hydrogens is 306 g/mol. The van der Waals surface area contributed by atoms with Crippen LogP contribution in [0.3, 0.4) is 0 Å². The summed E-state index contributed by atoms with van der Waals surface area (Å²) >= 11 is 0. The molecule has 2 aromatic rings. The Morgan fingerprint density at radius 3 is 2.43 bits per heavy atom. The average Bonchev–Trinajstić information content (AvgIpc) is 2.53. The van der Waals surface area contributed by atoms with E-state index in [1.165, 1.54) is 30.3 Å². The number of nitro benzene ring substituents is 1. The molecule has 1 aromatic heterocycles. The van der Waals surface area contributed by atoms with Gasteiger partial charge in [-0.1, -0.05) is 18.2 Å². The molecule has 0 saturated heterocycles. The highest BCUT2D eigenvalue weighted by Gasteiger charge is 2.15. The number of nitro groups is 2. The number of hydrazine groups is 1. The van der Waals surface area contributed by atoms with E-state index in [9.17, 15) is 25.0 Å². The van der Waals surface area contributed by atoms with E-state index in [4.69, 9.17) is 0 Å². The van der Waals surface area contributed by atoms with E-state index < -0.39 is 15.8 Å². The van der Waals surface area contributed by atoms with Crippen LogP contribution in [0, 0.1) is 20.2 Å². The summed E-state index contributed by atoms with van der Waals surface area (Å²) in [6.45, 7) is 0. The summed E-state index contributed by atoms with van der Waals surface area (Å²) in [6, 6.07) is 8.46. The zero-order valence-electron chi connectivity index (χ0n) is 11.6. The topological polar surface area (TPSA) is 140 Å². The maximum atomic E-state index is 11.8. The quantitative estimate of drug-likeness (QED) is 0.608. The van der Waals surface area contributed by atoms with Gasteiger partial charge in [0.05, 0.1) is 16.3 Å². The minimum Gasteiger partial charge on any atom is -0.282 e. The minimum atomic E-state index is -0.593. The van der Waals surface area contributed by atoms with Crippen LogP contribution in [0.1, 0.15) is 5.56 Å². The molecule has 0 fully saturated rings. The fourth-order valence-corrected chi connectivity index (χ4v) is 1.76. The van der Waals surface area contributed by atoms with Crippen LogP contribution in [-0.4, -0.2) is 20.7 Å². The first-order chi connectivity index (χ1) is 11.0. The number of rotatable bonds is 6. The lowest BCUT2D eigenvalue weighted by atomic mass is 10.1. The first kappa shape index (κ1) is 15.8. The Morgan fingerprint density at radius 2 is 1.83 bits per heavy atom. The fraction of sp³-hybridized carbons (Fsp3) is 0.0769. The number of carbonyl (C=O) groups excluding carboxylic acids is 1. The Bertz CT molecular complexity index is 747. The third-order valence-electron chi connectivity index (χ3n) is 2.83. The van der Waals surface area contributed by atoms with E-state index in [2.05, 4.69) is 15.8 Å². The predicted molar refractivity (Wildman–Crippen MR) is 79.5 cm³/mol. The zero-order chi connectivity index (χ0) is 16.8. The van der Waals surface area contributed by atoms with E-state index in [1.54, 1.807) is 6.07 Å². The van der Waals surface area contributed by atoms with Crippen LogP contribution in [0.2, 0.25) is 0 Å². The smallest absolute Gasteiger partial charge is 0.282 e. The number of pyridine rings is 1. The predicted octanol–water partition coefficient (Wildman–Crippen LogP) is 1.58. The molecule has 0 saturated carbocycles. The van der Waals surface area contributed by atoms with Gasteiger partial charge >= 0.3 is 0 Å². The molecule has 10 heteroatoms. The number of benzene rings is 1. The Labute approximate surface area is 129 Å². The van der Waals surface area contributed by atoms with Crippen LogP contribution in [0.15, 0.2) is 42.6 Å². The molecule has 10 nitrogen and oxygen atoms in total. The average molecular weight is 317 g/mol. The van der Waals surface area contributed by atoms with Gasteiger partial charge in [0.2, 0.25) is 5.91 Å². The number of nitrogens with zero attached hydrogens (tertiary/aromatic N) is 3. The first-order valence-electron chi connectivity index (χ1n) is 6.35. The molecule has 23 heavy (non-hydrogen) atoms. The van der Waals surface area contributed by atoms with Gasteiger partial charge in [-0.3, -0.25) is 35.9 Å². The van der Waals surface area contributed by atoms with Crippen molar-refractivity contribution in [3.63, 3.8) is 0 Å². The van der Waals surface area contributed by atoms with Crippen molar-refractivity contribution < 1.29 is 14.6 Å². The number of anilines is 1. The Hall–Kier alpha value is -3.56. The van der Waals surface area contributed by atoms with Crippen molar-refractivity contribution in [2.75, 3.05) is 5.43 Å². The van der Waals surface area contributed by atoms with Crippen molar-refractivity contribution in [2.24, 2.45) is 0 Å². The van der Waals surface area contributed by atoms with Crippen LogP contribution in [0.25, 0.3) is 0 Å². The molecule has 1 heterocycles. The molecule has 0 unspecified atom stereocenters. The summed E-state index contributed by atoms with van der Waals surface area (Å²) in [5.41, 5.74) is 4.75.